The first-order valence-electron chi connectivity index (χ1n) is 4.27. The van der Waals surface area contributed by atoms with E-state index >= 15 is 0 Å². The van der Waals surface area contributed by atoms with Crippen LogP contribution in [0.5, 0.6) is 0 Å². The molecule has 0 aromatic heterocycles. The third-order valence-corrected chi connectivity index (χ3v) is 1.90. The van der Waals surface area contributed by atoms with Crippen LogP contribution in [0, 0.1) is 5.92 Å². The van der Waals surface area contributed by atoms with Gasteiger partial charge in [0.15, 0.2) is 0 Å². The summed E-state index contributed by atoms with van der Waals surface area (Å²) in [4.78, 5) is 0. The fourth-order valence-corrected chi connectivity index (χ4v) is 1.33. The van der Waals surface area contributed by atoms with Crippen LogP contribution < -0.4 is 0 Å². The molecule has 0 bridgehead atoms. The van der Waals surface area contributed by atoms with Crippen LogP contribution in [0.2, 0.25) is 0 Å². The molecule has 0 aromatic rings. The second-order valence-corrected chi connectivity index (χ2v) is 3.97. The summed E-state index contributed by atoms with van der Waals surface area (Å²) in [5, 5.41) is 18.8. The van der Waals surface area contributed by atoms with Crippen LogP contribution in [0.1, 0.15) is 40.5 Å². The zero-order valence-corrected chi connectivity index (χ0v) is 7.96. The van der Waals surface area contributed by atoms with Gasteiger partial charge in [-0.2, -0.15) is 0 Å². The summed E-state index contributed by atoms with van der Waals surface area (Å²) in [5.41, 5.74) is -0.657. The van der Waals surface area contributed by atoms with Crippen molar-refractivity contribution < 1.29 is 10.2 Å². The molecule has 0 amide bonds. The van der Waals surface area contributed by atoms with E-state index in [0.29, 0.717) is 6.42 Å². The summed E-state index contributed by atoms with van der Waals surface area (Å²) in [7, 11) is 0. The quantitative estimate of drug-likeness (QED) is 0.655. The second kappa shape index (κ2) is 4.07. The van der Waals surface area contributed by atoms with Crippen molar-refractivity contribution in [2.75, 3.05) is 0 Å². The van der Waals surface area contributed by atoms with Gasteiger partial charge in [-0.1, -0.05) is 13.8 Å². The zero-order valence-electron chi connectivity index (χ0n) is 7.96. The third-order valence-electron chi connectivity index (χ3n) is 1.90. The Bertz CT molecular complexity index is 105. The lowest BCUT2D eigenvalue weighted by molar-refractivity contribution is 0.0182. The number of aliphatic hydroxyl groups is 2. The van der Waals surface area contributed by atoms with Crippen molar-refractivity contribution in [3.8, 4) is 0 Å². The van der Waals surface area contributed by atoms with Gasteiger partial charge in [0.1, 0.15) is 0 Å². The summed E-state index contributed by atoms with van der Waals surface area (Å²) in [5.74, 6) is 0.181. The van der Waals surface area contributed by atoms with E-state index in [-0.39, 0.29) is 12.0 Å². The molecule has 0 saturated heterocycles. The summed E-state index contributed by atoms with van der Waals surface area (Å²) < 4.78 is 0. The largest absolute Gasteiger partial charge is 0.393 e. The highest BCUT2D eigenvalue weighted by atomic mass is 16.3. The van der Waals surface area contributed by atoms with Gasteiger partial charge in [-0.05, 0) is 32.6 Å². The van der Waals surface area contributed by atoms with Crippen molar-refractivity contribution in [2.24, 2.45) is 5.92 Å². The van der Waals surface area contributed by atoms with Gasteiger partial charge in [-0.15, -0.1) is 0 Å². The van der Waals surface area contributed by atoms with E-state index in [4.69, 9.17) is 0 Å². The summed E-state index contributed by atoms with van der Waals surface area (Å²) >= 11 is 0. The molecule has 0 aromatic carbocycles. The van der Waals surface area contributed by atoms with E-state index in [1.54, 1.807) is 13.8 Å². The fourth-order valence-electron chi connectivity index (χ4n) is 1.33. The van der Waals surface area contributed by atoms with Crippen LogP contribution in [-0.2, 0) is 0 Å². The predicted octanol–water partition coefficient (Wildman–Crippen LogP) is 1.55. The minimum absolute atomic E-state index is 0.181. The van der Waals surface area contributed by atoms with Crippen LogP contribution in [-0.4, -0.2) is 21.9 Å². The SMILES string of the molecule is CCC(O)C(C)CC(C)(C)O. The van der Waals surface area contributed by atoms with Crippen molar-refractivity contribution in [3.05, 3.63) is 0 Å². The summed E-state index contributed by atoms with van der Waals surface area (Å²) in [6, 6.07) is 0. The maximum Gasteiger partial charge on any atom is 0.0595 e. The van der Waals surface area contributed by atoms with Crippen LogP contribution in [0.3, 0.4) is 0 Å². The Balaban J connectivity index is 3.77. The Kier molecular flexibility index (Phi) is 4.04. The van der Waals surface area contributed by atoms with Crippen molar-refractivity contribution in [1.29, 1.82) is 0 Å². The molecule has 0 rings (SSSR count). The predicted molar refractivity (Wildman–Crippen MR) is 46.4 cm³/mol. The molecular weight excluding hydrogens is 140 g/mol. The average molecular weight is 160 g/mol. The Morgan fingerprint density at radius 1 is 1.36 bits per heavy atom. The number of hydrogen-bond donors (Lipinski definition) is 2. The van der Waals surface area contributed by atoms with E-state index in [1.807, 2.05) is 13.8 Å². The Labute approximate surface area is 69.2 Å². The molecule has 0 aliphatic carbocycles. The van der Waals surface area contributed by atoms with Crippen molar-refractivity contribution >= 4 is 0 Å². The molecule has 0 heterocycles. The smallest absolute Gasteiger partial charge is 0.0595 e. The lowest BCUT2D eigenvalue weighted by atomic mass is 9.90. The Morgan fingerprint density at radius 2 is 1.82 bits per heavy atom. The van der Waals surface area contributed by atoms with Crippen molar-refractivity contribution in [1.82, 2.24) is 0 Å². The second-order valence-electron chi connectivity index (χ2n) is 3.97. The maximum atomic E-state index is 9.42. The zero-order chi connectivity index (χ0) is 9.07. The number of rotatable bonds is 4. The van der Waals surface area contributed by atoms with Gasteiger partial charge in [-0.3, -0.25) is 0 Å². The van der Waals surface area contributed by atoms with Crippen LogP contribution in [0.25, 0.3) is 0 Å². The van der Waals surface area contributed by atoms with E-state index in [0.717, 1.165) is 6.42 Å². The van der Waals surface area contributed by atoms with E-state index in [2.05, 4.69) is 0 Å². The molecule has 0 fully saturated rings. The fraction of sp³-hybridized carbons (Fsp3) is 1.00. The summed E-state index contributed by atoms with van der Waals surface area (Å²) in [6.07, 6.45) is 1.14. The topological polar surface area (TPSA) is 40.5 Å². The molecule has 2 unspecified atom stereocenters. The van der Waals surface area contributed by atoms with Gasteiger partial charge >= 0.3 is 0 Å². The lowest BCUT2D eigenvalue weighted by Gasteiger charge is -2.25. The summed E-state index contributed by atoms with van der Waals surface area (Å²) in [6.45, 7) is 7.45. The van der Waals surface area contributed by atoms with Gasteiger partial charge in [0.2, 0.25) is 0 Å². The Hall–Kier alpha value is -0.0800. The lowest BCUT2D eigenvalue weighted by Crippen LogP contribution is -2.28. The monoisotopic (exact) mass is 160 g/mol. The molecule has 11 heavy (non-hydrogen) atoms. The first-order valence-corrected chi connectivity index (χ1v) is 4.27. The first kappa shape index (κ1) is 10.9. The molecule has 0 radical (unpaired) electrons. The minimum atomic E-state index is -0.657. The van der Waals surface area contributed by atoms with Gasteiger partial charge in [0, 0.05) is 0 Å². The van der Waals surface area contributed by atoms with Gasteiger partial charge in [0.05, 0.1) is 11.7 Å². The molecule has 0 saturated carbocycles. The highest BCUT2D eigenvalue weighted by Gasteiger charge is 2.21. The van der Waals surface area contributed by atoms with Crippen LogP contribution in [0.15, 0.2) is 0 Å². The van der Waals surface area contributed by atoms with Gasteiger partial charge in [0.25, 0.3) is 0 Å². The van der Waals surface area contributed by atoms with Crippen molar-refractivity contribution in [2.45, 2.75) is 52.2 Å². The molecule has 0 spiro atoms. The average Bonchev–Trinajstić information content (AvgIpc) is 1.82. The molecule has 2 nitrogen and oxygen atoms in total. The minimum Gasteiger partial charge on any atom is -0.393 e. The maximum absolute atomic E-state index is 9.42. The molecule has 2 N–H and O–H groups in total. The van der Waals surface area contributed by atoms with Crippen LogP contribution >= 0.6 is 0 Å². The van der Waals surface area contributed by atoms with Crippen LogP contribution in [0.4, 0.5) is 0 Å². The first-order chi connectivity index (χ1) is 4.87. The molecule has 0 aliphatic heterocycles. The molecule has 2 atom stereocenters. The number of aliphatic hydroxyl groups excluding tert-OH is 1. The number of hydrogen-bond acceptors (Lipinski definition) is 2. The molecule has 0 aliphatic rings. The molecule has 2 heteroatoms. The normalized spacial score (nSPS) is 18.0. The molecular formula is C9H20O2. The van der Waals surface area contributed by atoms with E-state index < -0.39 is 5.60 Å². The third kappa shape index (κ3) is 5.22. The molecule has 68 valence electrons. The van der Waals surface area contributed by atoms with Gasteiger partial charge in [-0.25, -0.2) is 0 Å². The Morgan fingerprint density at radius 3 is 2.09 bits per heavy atom. The standard InChI is InChI=1S/C9H20O2/c1-5-8(10)7(2)6-9(3,4)11/h7-8,10-11H,5-6H2,1-4H3. The van der Waals surface area contributed by atoms with E-state index in [9.17, 15) is 10.2 Å². The van der Waals surface area contributed by atoms with Gasteiger partial charge < -0.3 is 10.2 Å². The van der Waals surface area contributed by atoms with Crippen molar-refractivity contribution in [3.63, 3.8) is 0 Å². The highest BCUT2D eigenvalue weighted by molar-refractivity contribution is 4.73. The highest BCUT2D eigenvalue weighted by Crippen LogP contribution is 2.19. The van der Waals surface area contributed by atoms with E-state index in [1.165, 1.54) is 0 Å².